The van der Waals surface area contributed by atoms with Crippen LogP contribution in [0.15, 0.2) is 24.3 Å². The van der Waals surface area contributed by atoms with Gasteiger partial charge >= 0.3 is 0 Å². The maximum Gasteiger partial charge on any atom is 0.241 e. The second-order valence-corrected chi connectivity index (χ2v) is 6.89. The third-order valence-corrected chi connectivity index (χ3v) is 5.53. The van der Waals surface area contributed by atoms with Crippen molar-refractivity contribution >= 4 is 17.7 Å². The van der Waals surface area contributed by atoms with Gasteiger partial charge in [-0.2, -0.15) is 5.26 Å². The van der Waals surface area contributed by atoms with E-state index in [4.69, 9.17) is 10.00 Å². The molecule has 0 aromatic heterocycles. The molecule has 0 radical (unpaired) electrons. The van der Waals surface area contributed by atoms with Crippen LogP contribution in [0.2, 0.25) is 0 Å². The van der Waals surface area contributed by atoms with Crippen LogP contribution in [0.25, 0.3) is 0 Å². The van der Waals surface area contributed by atoms with Crippen molar-refractivity contribution in [3.8, 4) is 11.8 Å². The molecule has 1 aromatic carbocycles. The van der Waals surface area contributed by atoms with Crippen LogP contribution in [0, 0.1) is 11.3 Å². The van der Waals surface area contributed by atoms with Crippen LogP contribution in [0.1, 0.15) is 30.7 Å². The minimum Gasteiger partial charge on any atom is -0.494 e. The van der Waals surface area contributed by atoms with Gasteiger partial charge in [0.25, 0.3) is 0 Å². The molecule has 0 saturated carbocycles. The molecule has 3 atom stereocenters. The lowest BCUT2D eigenvalue weighted by atomic mass is 10.2. The maximum atomic E-state index is 12.6. The van der Waals surface area contributed by atoms with E-state index in [2.05, 4.69) is 11.4 Å². The summed E-state index contributed by atoms with van der Waals surface area (Å²) in [4.78, 5) is 14.3. The molecule has 0 spiro atoms. The summed E-state index contributed by atoms with van der Waals surface area (Å²) in [5, 5.41) is 12.7. The second-order valence-electron chi connectivity index (χ2n) is 5.75. The molecule has 2 aliphatic heterocycles. The van der Waals surface area contributed by atoms with E-state index in [1.54, 1.807) is 16.7 Å². The molecule has 2 aliphatic rings. The van der Waals surface area contributed by atoms with Gasteiger partial charge in [0.2, 0.25) is 5.91 Å². The van der Waals surface area contributed by atoms with Crippen LogP contribution in [0.3, 0.4) is 0 Å². The van der Waals surface area contributed by atoms with Crippen molar-refractivity contribution in [2.75, 3.05) is 18.9 Å². The average Bonchev–Trinajstić information content (AvgIpc) is 3.24. The van der Waals surface area contributed by atoms with Gasteiger partial charge in [-0.3, -0.25) is 10.1 Å². The first-order chi connectivity index (χ1) is 11.2. The van der Waals surface area contributed by atoms with E-state index in [9.17, 15) is 4.79 Å². The standard InChI is InChI=1S/C17H21N3O2S/c1-2-22-14-7-5-12(6-8-14)16-19-15(11-23-16)17(21)20-9-3-4-13(20)10-18/h5-8,13,15-16,19H,2-4,9,11H2,1H3/t13-,15-,16?/m0/s1. The second kappa shape index (κ2) is 7.24. The molecule has 6 heteroatoms. The Labute approximate surface area is 141 Å². The zero-order valence-corrected chi connectivity index (χ0v) is 14.0. The number of hydrogen-bond donors (Lipinski definition) is 1. The van der Waals surface area contributed by atoms with Gasteiger partial charge in [0.1, 0.15) is 11.8 Å². The van der Waals surface area contributed by atoms with Crippen LogP contribution in [0.4, 0.5) is 0 Å². The number of benzene rings is 1. The Bertz CT molecular complexity index is 599. The summed E-state index contributed by atoms with van der Waals surface area (Å²) >= 11 is 1.74. The third kappa shape index (κ3) is 3.46. The van der Waals surface area contributed by atoms with E-state index in [-0.39, 0.29) is 23.4 Å². The van der Waals surface area contributed by atoms with Gasteiger partial charge in [0.15, 0.2) is 0 Å². The quantitative estimate of drug-likeness (QED) is 0.917. The van der Waals surface area contributed by atoms with Crippen molar-refractivity contribution in [1.82, 2.24) is 10.2 Å². The van der Waals surface area contributed by atoms with E-state index in [0.717, 1.165) is 29.9 Å². The Morgan fingerprint density at radius 2 is 2.26 bits per heavy atom. The Hall–Kier alpha value is -1.71. The van der Waals surface area contributed by atoms with Crippen molar-refractivity contribution in [2.24, 2.45) is 0 Å². The highest BCUT2D eigenvalue weighted by Crippen LogP contribution is 2.34. The van der Waals surface area contributed by atoms with Gasteiger partial charge in [0, 0.05) is 12.3 Å². The topological polar surface area (TPSA) is 65.4 Å². The molecule has 1 amide bonds. The summed E-state index contributed by atoms with van der Waals surface area (Å²) in [5.41, 5.74) is 1.15. The fourth-order valence-corrected chi connectivity index (χ4v) is 4.31. The summed E-state index contributed by atoms with van der Waals surface area (Å²) in [6, 6.07) is 9.78. The number of thioether (sulfide) groups is 1. The molecule has 2 fully saturated rings. The number of rotatable bonds is 4. The van der Waals surface area contributed by atoms with Crippen LogP contribution < -0.4 is 10.1 Å². The van der Waals surface area contributed by atoms with E-state index >= 15 is 0 Å². The normalized spacial score (nSPS) is 27.0. The molecular formula is C17H21N3O2S. The number of nitrogens with one attached hydrogen (secondary N) is 1. The molecule has 122 valence electrons. The Morgan fingerprint density at radius 3 is 2.96 bits per heavy atom. The summed E-state index contributed by atoms with van der Waals surface area (Å²) in [7, 11) is 0. The van der Waals surface area contributed by atoms with E-state index < -0.39 is 0 Å². The molecule has 1 aromatic rings. The van der Waals surface area contributed by atoms with Gasteiger partial charge in [-0.25, -0.2) is 0 Å². The molecule has 0 bridgehead atoms. The summed E-state index contributed by atoms with van der Waals surface area (Å²) in [6.45, 7) is 3.32. The van der Waals surface area contributed by atoms with Gasteiger partial charge in [0.05, 0.1) is 24.1 Å². The number of hydrogen-bond acceptors (Lipinski definition) is 5. The fourth-order valence-electron chi connectivity index (χ4n) is 3.08. The van der Waals surface area contributed by atoms with Gasteiger partial charge in [-0.1, -0.05) is 12.1 Å². The minimum atomic E-state index is -0.251. The average molecular weight is 331 g/mol. The van der Waals surface area contributed by atoms with Crippen molar-refractivity contribution in [3.63, 3.8) is 0 Å². The highest BCUT2D eigenvalue weighted by molar-refractivity contribution is 7.99. The first-order valence-corrected chi connectivity index (χ1v) is 9.08. The number of likely N-dealkylation sites (tertiary alicyclic amines) is 1. The van der Waals surface area contributed by atoms with Crippen LogP contribution >= 0.6 is 11.8 Å². The molecule has 1 unspecified atom stereocenters. The highest BCUT2D eigenvalue weighted by Gasteiger charge is 2.37. The summed E-state index contributed by atoms with van der Waals surface area (Å²) in [6.07, 6.45) is 1.72. The zero-order chi connectivity index (χ0) is 16.2. The van der Waals surface area contributed by atoms with Gasteiger partial charge in [-0.15, -0.1) is 11.8 Å². The fraction of sp³-hybridized carbons (Fsp3) is 0.529. The number of nitriles is 1. The minimum absolute atomic E-state index is 0.0648. The lowest BCUT2D eigenvalue weighted by molar-refractivity contribution is -0.132. The molecule has 2 saturated heterocycles. The summed E-state index contributed by atoms with van der Waals surface area (Å²) < 4.78 is 5.46. The van der Waals surface area contributed by atoms with E-state index in [0.29, 0.717) is 13.2 Å². The first kappa shape index (κ1) is 16.2. The number of ether oxygens (including phenoxy) is 1. The Kier molecular flexibility index (Phi) is 5.09. The van der Waals surface area contributed by atoms with Crippen LogP contribution in [0.5, 0.6) is 5.75 Å². The largest absolute Gasteiger partial charge is 0.494 e. The molecule has 2 heterocycles. The first-order valence-electron chi connectivity index (χ1n) is 8.03. The molecule has 5 nitrogen and oxygen atoms in total. The molecule has 3 rings (SSSR count). The third-order valence-electron chi connectivity index (χ3n) is 4.26. The molecule has 23 heavy (non-hydrogen) atoms. The lowest BCUT2D eigenvalue weighted by Gasteiger charge is -2.23. The predicted molar refractivity (Wildman–Crippen MR) is 90.1 cm³/mol. The Morgan fingerprint density at radius 1 is 1.48 bits per heavy atom. The zero-order valence-electron chi connectivity index (χ0n) is 13.2. The monoisotopic (exact) mass is 331 g/mol. The van der Waals surface area contributed by atoms with E-state index in [1.165, 1.54) is 0 Å². The highest BCUT2D eigenvalue weighted by atomic mass is 32.2. The van der Waals surface area contributed by atoms with Crippen LogP contribution in [-0.2, 0) is 4.79 Å². The molecule has 0 aliphatic carbocycles. The number of nitrogens with zero attached hydrogens (tertiary/aromatic N) is 2. The Balaban J connectivity index is 1.62. The number of carbonyl (C=O) groups is 1. The van der Waals surface area contributed by atoms with Gasteiger partial charge in [-0.05, 0) is 37.5 Å². The van der Waals surface area contributed by atoms with Crippen molar-refractivity contribution in [3.05, 3.63) is 29.8 Å². The number of amides is 1. The predicted octanol–water partition coefficient (Wildman–Crippen LogP) is 2.30. The lowest BCUT2D eigenvalue weighted by Crippen LogP contribution is -2.46. The maximum absolute atomic E-state index is 12.6. The van der Waals surface area contributed by atoms with Crippen LogP contribution in [-0.4, -0.2) is 41.8 Å². The van der Waals surface area contributed by atoms with Crippen molar-refractivity contribution < 1.29 is 9.53 Å². The van der Waals surface area contributed by atoms with Gasteiger partial charge < -0.3 is 9.64 Å². The van der Waals surface area contributed by atoms with E-state index in [1.807, 2.05) is 31.2 Å². The summed E-state index contributed by atoms with van der Waals surface area (Å²) in [5.74, 6) is 1.67. The molecular weight excluding hydrogens is 310 g/mol. The SMILES string of the molecule is CCOc1ccc(C2N[C@H](C(=O)N3CCC[C@H]3C#N)CS2)cc1. The number of carbonyl (C=O) groups excluding carboxylic acids is 1. The van der Waals surface area contributed by atoms with Crippen molar-refractivity contribution in [1.29, 1.82) is 5.26 Å². The molecule has 1 N–H and O–H groups in total. The van der Waals surface area contributed by atoms with Crippen molar-refractivity contribution in [2.45, 2.75) is 37.2 Å². The smallest absolute Gasteiger partial charge is 0.241 e.